The zero-order valence-corrected chi connectivity index (χ0v) is 6.64. The molecule has 0 rings (SSSR count). The molecule has 0 saturated heterocycles. The van der Waals surface area contributed by atoms with Crippen LogP contribution in [0.4, 0.5) is 13.2 Å². The van der Waals surface area contributed by atoms with Gasteiger partial charge in [0.1, 0.15) is 0 Å². The Bertz CT molecular complexity index is 150. The van der Waals surface area contributed by atoms with E-state index in [0.717, 1.165) is 0 Å². The van der Waals surface area contributed by atoms with Gasteiger partial charge in [0.15, 0.2) is 6.17 Å². The second kappa shape index (κ2) is 5.00. The number of halogens is 3. The second-order valence-corrected chi connectivity index (χ2v) is 2.51. The van der Waals surface area contributed by atoms with Crippen LogP contribution < -0.4 is 0 Å². The Morgan fingerprint density at radius 1 is 1.42 bits per heavy atom. The number of carbonyl (C=O) groups is 1. The van der Waals surface area contributed by atoms with Crippen molar-refractivity contribution in [3.8, 4) is 0 Å². The fraction of sp³-hybridized carbons (Fsp3) is 0.857. The molecule has 0 aliphatic heterocycles. The van der Waals surface area contributed by atoms with Gasteiger partial charge in [-0.15, -0.1) is 0 Å². The molecule has 0 aliphatic carbocycles. The summed E-state index contributed by atoms with van der Waals surface area (Å²) in [5.74, 6) is -3.07. The van der Waals surface area contributed by atoms with Crippen LogP contribution in [0.15, 0.2) is 0 Å². The van der Waals surface area contributed by atoms with Gasteiger partial charge >= 0.3 is 5.97 Å². The first kappa shape index (κ1) is 11.3. The topological polar surface area (TPSA) is 37.3 Å². The predicted octanol–water partition coefficient (Wildman–Crippen LogP) is 2.09. The Balaban J connectivity index is 4.18. The SMILES string of the molecule is CCCC(C(=O)O)C(F)C(F)F. The first-order valence-electron chi connectivity index (χ1n) is 3.65. The summed E-state index contributed by atoms with van der Waals surface area (Å²) in [6.45, 7) is 1.62. The molecular formula is C7H11F3O2. The Kier molecular flexibility index (Phi) is 4.70. The average Bonchev–Trinajstić information content (AvgIpc) is 1.98. The molecule has 0 radical (unpaired) electrons. The van der Waals surface area contributed by atoms with E-state index in [1.54, 1.807) is 6.92 Å². The third-order valence-corrected chi connectivity index (χ3v) is 1.54. The molecule has 2 unspecified atom stereocenters. The molecule has 72 valence electrons. The van der Waals surface area contributed by atoms with Crippen molar-refractivity contribution < 1.29 is 23.1 Å². The fourth-order valence-corrected chi connectivity index (χ4v) is 0.906. The van der Waals surface area contributed by atoms with E-state index < -0.39 is 24.5 Å². The molecule has 0 spiro atoms. The van der Waals surface area contributed by atoms with Gasteiger partial charge in [-0.25, -0.2) is 13.2 Å². The lowest BCUT2D eigenvalue weighted by Crippen LogP contribution is -2.30. The number of aliphatic carboxylic acids is 1. The van der Waals surface area contributed by atoms with Crippen molar-refractivity contribution >= 4 is 5.97 Å². The lowest BCUT2D eigenvalue weighted by molar-refractivity contribution is -0.147. The standard InChI is InChI=1S/C7H11F3O2/c1-2-3-4(7(11)12)5(8)6(9)10/h4-6H,2-3H2,1H3,(H,11,12). The van der Waals surface area contributed by atoms with Gasteiger partial charge in [0.2, 0.25) is 0 Å². The first-order chi connectivity index (χ1) is 5.50. The maximum atomic E-state index is 12.5. The van der Waals surface area contributed by atoms with E-state index in [1.807, 2.05) is 0 Å². The Morgan fingerprint density at radius 2 is 1.92 bits per heavy atom. The fourth-order valence-electron chi connectivity index (χ4n) is 0.906. The monoisotopic (exact) mass is 184 g/mol. The highest BCUT2D eigenvalue weighted by molar-refractivity contribution is 5.70. The smallest absolute Gasteiger partial charge is 0.309 e. The maximum absolute atomic E-state index is 12.5. The van der Waals surface area contributed by atoms with E-state index in [-0.39, 0.29) is 6.42 Å². The van der Waals surface area contributed by atoms with Crippen LogP contribution in [0.25, 0.3) is 0 Å². The molecule has 0 bridgehead atoms. The molecular weight excluding hydrogens is 173 g/mol. The van der Waals surface area contributed by atoms with E-state index in [1.165, 1.54) is 0 Å². The van der Waals surface area contributed by atoms with Gasteiger partial charge in [-0.05, 0) is 6.42 Å². The minimum Gasteiger partial charge on any atom is -0.481 e. The summed E-state index contributed by atoms with van der Waals surface area (Å²) in [4.78, 5) is 10.3. The van der Waals surface area contributed by atoms with Crippen molar-refractivity contribution in [2.24, 2.45) is 5.92 Å². The van der Waals surface area contributed by atoms with Crippen LogP contribution in [0.2, 0.25) is 0 Å². The van der Waals surface area contributed by atoms with Crippen molar-refractivity contribution in [3.63, 3.8) is 0 Å². The van der Waals surface area contributed by atoms with E-state index in [4.69, 9.17) is 5.11 Å². The van der Waals surface area contributed by atoms with Gasteiger partial charge in [0.25, 0.3) is 6.43 Å². The quantitative estimate of drug-likeness (QED) is 0.710. The lowest BCUT2D eigenvalue weighted by atomic mass is 9.99. The molecule has 0 aromatic carbocycles. The van der Waals surface area contributed by atoms with Gasteiger partial charge in [-0.1, -0.05) is 13.3 Å². The maximum Gasteiger partial charge on any atom is 0.309 e. The van der Waals surface area contributed by atoms with Crippen LogP contribution in [-0.4, -0.2) is 23.7 Å². The van der Waals surface area contributed by atoms with Crippen molar-refractivity contribution in [1.82, 2.24) is 0 Å². The molecule has 2 atom stereocenters. The number of carboxylic acid groups (broad SMARTS) is 1. The highest BCUT2D eigenvalue weighted by Gasteiger charge is 2.34. The van der Waals surface area contributed by atoms with Gasteiger partial charge < -0.3 is 5.11 Å². The third kappa shape index (κ3) is 3.11. The van der Waals surface area contributed by atoms with Gasteiger partial charge in [-0.3, -0.25) is 4.79 Å². The van der Waals surface area contributed by atoms with Crippen LogP contribution in [0, 0.1) is 5.92 Å². The van der Waals surface area contributed by atoms with E-state index in [9.17, 15) is 18.0 Å². The molecule has 2 nitrogen and oxygen atoms in total. The Labute approximate surface area is 68.4 Å². The first-order valence-corrected chi connectivity index (χ1v) is 3.65. The zero-order chi connectivity index (χ0) is 9.72. The molecule has 12 heavy (non-hydrogen) atoms. The van der Waals surface area contributed by atoms with Crippen LogP contribution in [0.1, 0.15) is 19.8 Å². The molecule has 0 heterocycles. The zero-order valence-electron chi connectivity index (χ0n) is 6.64. The summed E-state index contributed by atoms with van der Waals surface area (Å²) >= 11 is 0. The molecule has 0 aliphatic rings. The van der Waals surface area contributed by atoms with Gasteiger partial charge in [0, 0.05) is 0 Å². The van der Waals surface area contributed by atoms with Gasteiger partial charge in [0.05, 0.1) is 5.92 Å². The van der Waals surface area contributed by atoms with Crippen molar-refractivity contribution in [3.05, 3.63) is 0 Å². The minimum atomic E-state index is -3.21. The number of carboxylic acids is 1. The molecule has 1 N–H and O–H groups in total. The molecule has 0 amide bonds. The van der Waals surface area contributed by atoms with E-state index in [0.29, 0.717) is 6.42 Å². The molecule has 0 aromatic rings. The Hall–Kier alpha value is -0.740. The van der Waals surface area contributed by atoms with Crippen LogP contribution in [0.5, 0.6) is 0 Å². The predicted molar refractivity (Wildman–Crippen MR) is 36.9 cm³/mol. The lowest BCUT2D eigenvalue weighted by Gasteiger charge is -2.14. The number of hydrogen-bond acceptors (Lipinski definition) is 1. The minimum absolute atomic E-state index is 0.0547. The summed E-state index contributed by atoms with van der Waals surface area (Å²) < 4.78 is 35.9. The summed E-state index contributed by atoms with van der Waals surface area (Å²) in [7, 11) is 0. The van der Waals surface area contributed by atoms with Crippen molar-refractivity contribution in [2.75, 3.05) is 0 Å². The average molecular weight is 184 g/mol. The number of alkyl halides is 3. The normalized spacial score (nSPS) is 16.1. The third-order valence-electron chi connectivity index (χ3n) is 1.54. The second-order valence-electron chi connectivity index (χ2n) is 2.51. The van der Waals surface area contributed by atoms with Crippen LogP contribution in [0.3, 0.4) is 0 Å². The van der Waals surface area contributed by atoms with Gasteiger partial charge in [-0.2, -0.15) is 0 Å². The molecule has 0 aromatic heterocycles. The van der Waals surface area contributed by atoms with Crippen LogP contribution >= 0.6 is 0 Å². The highest BCUT2D eigenvalue weighted by Crippen LogP contribution is 2.20. The summed E-state index contributed by atoms with van der Waals surface area (Å²) in [6.07, 6.45) is -5.44. The van der Waals surface area contributed by atoms with E-state index in [2.05, 4.69) is 0 Å². The molecule has 0 fully saturated rings. The summed E-state index contributed by atoms with van der Waals surface area (Å²) in [6, 6.07) is 0. The molecule has 5 heteroatoms. The largest absolute Gasteiger partial charge is 0.481 e. The summed E-state index contributed by atoms with van der Waals surface area (Å²) in [5.41, 5.74) is 0. The number of rotatable bonds is 5. The van der Waals surface area contributed by atoms with Crippen LogP contribution in [-0.2, 0) is 4.79 Å². The summed E-state index contributed by atoms with van der Waals surface area (Å²) in [5, 5.41) is 8.35. The van der Waals surface area contributed by atoms with E-state index >= 15 is 0 Å². The highest BCUT2D eigenvalue weighted by atomic mass is 19.3. The number of hydrogen-bond donors (Lipinski definition) is 1. The van der Waals surface area contributed by atoms with Crippen molar-refractivity contribution in [2.45, 2.75) is 32.4 Å². The van der Waals surface area contributed by atoms with Crippen molar-refractivity contribution in [1.29, 1.82) is 0 Å². The Morgan fingerprint density at radius 3 is 2.17 bits per heavy atom. The molecule has 0 saturated carbocycles.